The van der Waals surface area contributed by atoms with Crippen LogP contribution in [0.1, 0.15) is 52.4 Å². The average Bonchev–Trinajstić information content (AvgIpc) is 2.16. The van der Waals surface area contributed by atoms with Crippen LogP contribution >= 0.6 is 6.49 Å². The molecule has 0 amide bonds. The van der Waals surface area contributed by atoms with Gasteiger partial charge in [-0.15, -0.1) is 0 Å². The number of rotatable bonds is 9. The van der Waals surface area contributed by atoms with E-state index in [0.717, 1.165) is 6.42 Å². The predicted molar refractivity (Wildman–Crippen MR) is 66.4 cm³/mol. The van der Waals surface area contributed by atoms with Crippen LogP contribution in [0, 0.1) is 0 Å². The summed E-state index contributed by atoms with van der Waals surface area (Å²) in [5.41, 5.74) is 0. The maximum Gasteiger partial charge on any atom is 0.185 e. The van der Waals surface area contributed by atoms with Gasteiger partial charge in [-0.2, -0.15) is 0 Å². The van der Waals surface area contributed by atoms with Crippen LogP contribution in [0.5, 0.6) is 0 Å². The van der Waals surface area contributed by atoms with Crippen LogP contribution in [-0.4, -0.2) is 17.7 Å². The molecule has 4 heteroatoms. The minimum atomic E-state index is -2.40. The molecular weight excluding hydrogens is 215 g/mol. The Labute approximate surface area is 93.2 Å². The van der Waals surface area contributed by atoms with E-state index in [2.05, 4.69) is 6.92 Å². The van der Waals surface area contributed by atoms with Crippen LogP contribution in [0.25, 0.3) is 0 Å². The monoisotopic (exact) mass is 238 g/mol. The molecule has 0 spiro atoms. The van der Waals surface area contributed by atoms with Gasteiger partial charge in [0.15, 0.2) is 6.49 Å². The Balaban J connectivity index is 3.17. The molecule has 0 aromatic heterocycles. The van der Waals surface area contributed by atoms with Crippen molar-refractivity contribution in [1.29, 1.82) is 0 Å². The van der Waals surface area contributed by atoms with Crippen LogP contribution in [0.2, 0.25) is 0 Å². The SMILES string of the molecule is CCCCCCCCOP(O)(=S)CC. The van der Waals surface area contributed by atoms with Crippen molar-refractivity contribution in [3.05, 3.63) is 0 Å². The first-order chi connectivity index (χ1) is 6.62. The lowest BCUT2D eigenvalue weighted by atomic mass is 10.1. The van der Waals surface area contributed by atoms with E-state index >= 15 is 0 Å². The third-order valence-corrected chi connectivity index (χ3v) is 4.67. The van der Waals surface area contributed by atoms with Gasteiger partial charge < -0.3 is 9.42 Å². The topological polar surface area (TPSA) is 29.5 Å². The summed E-state index contributed by atoms with van der Waals surface area (Å²) in [4.78, 5) is 9.47. The molecule has 0 saturated carbocycles. The zero-order valence-corrected chi connectivity index (χ0v) is 11.1. The van der Waals surface area contributed by atoms with Gasteiger partial charge in [0.2, 0.25) is 0 Å². The summed E-state index contributed by atoms with van der Waals surface area (Å²) in [7, 11) is 0. The van der Waals surface area contributed by atoms with E-state index < -0.39 is 6.49 Å². The lowest BCUT2D eigenvalue weighted by Gasteiger charge is -2.12. The van der Waals surface area contributed by atoms with E-state index in [-0.39, 0.29) is 0 Å². The molecule has 0 fully saturated rings. The molecule has 86 valence electrons. The largest absolute Gasteiger partial charge is 0.345 e. The Morgan fingerprint density at radius 3 is 2.21 bits per heavy atom. The fourth-order valence-corrected chi connectivity index (χ4v) is 2.00. The van der Waals surface area contributed by atoms with Crippen LogP contribution in [0.3, 0.4) is 0 Å². The first kappa shape index (κ1) is 14.6. The molecular formula is C10H23O2PS. The Bertz CT molecular complexity index is 174. The highest BCUT2D eigenvalue weighted by atomic mass is 32.5. The van der Waals surface area contributed by atoms with Gasteiger partial charge in [0.25, 0.3) is 0 Å². The first-order valence-corrected chi connectivity index (χ1v) is 8.44. The molecule has 0 aliphatic carbocycles. The highest BCUT2D eigenvalue weighted by molar-refractivity contribution is 8.09. The fourth-order valence-electron chi connectivity index (χ4n) is 1.18. The van der Waals surface area contributed by atoms with Crippen LogP contribution in [-0.2, 0) is 16.3 Å². The lowest BCUT2D eigenvalue weighted by molar-refractivity contribution is 0.297. The number of hydrogen-bond donors (Lipinski definition) is 1. The summed E-state index contributed by atoms with van der Waals surface area (Å²) < 4.78 is 5.27. The molecule has 1 unspecified atom stereocenters. The van der Waals surface area contributed by atoms with Gasteiger partial charge in [0, 0.05) is 6.16 Å². The molecule has 2 nitrogen and oxygen atoms in total. The normalized spacial score (nSPS) is 15.4. The molecule has 1 atom stereocenters. The van der Waals surface area contributed by atoms with E-state index in [1.54, 1.807) is 0 Å². The second kappa shape index (κ2) is 8.84. The molecule has 0 aliphatic heterocycles. The number of hydrogen-bond acceptors (Lipinski definition) is 2. The van der Waals surface area contributed by atoms with Crippen molar-refractivity contribution >= 4 is 18.3 Å². The standard InChI is InChI=1S/C10H23O2PS/c1-3-5-6-7-8-9-10-12-13(11,14)4-2/h3-10H2,1-2H3,(H,11,14). The molecule has 0 saturated heterocycles. The minimum Gasteiger partial charge on any atom is -0.345 e. The van der Waals surface area contributed by atoms with Crippen molar-refractivity contribution in [2.45, 2.75) is 52.4 Å². The van der Waals surface area contributed by atoms with Crippen LogP contribution < -0.4 is 0 Å². The molecule has 0 heterocycles. The predicted octanol–water partition coefficient (Wildman–Crippen LogP) is 3.69. The van der Waals surface area contributed by atoms with Gasteiger partial charge in [-0.3, -0.25) is 0 Å². The highest BCUT2D eigenvalue weighted by Crippen LogP contribution is 2.41. The number of unbranched alkanes of at least 4 members (excludes halogenated alkanes) is 5. The second-order valence-electron chi connectivity index (χ2n) is 3.55. The van der Waals surface area contributed by atoms with Gasteiger partial charge >= 0.3 is 0 Å². The van der Waals surface area contributed by atoms with Crippen molar-refractivity contribution in [3.63, 3.8) is 0 Å². The fraction of sp³-hybridized carbons (Fsp3) is 1.00. The van der Waals surface area contributed by atoms with E-state index in [0.29, 0.717) is 12.8 Å². The molecule has 0 bridgehead atoms. The zero-order valence-electron chi connectivity index (χ0n) is 9.37. The first-order valence-electron chi connectivity index (χ1n) is 5.58. The van der Waals surface area contributed by atoms with Crippen molar-refractivity contribution in [2.24, 2.45) is 0 Å². The molecule has 0 aromatic carbocycles. The summed E-state index contributed by atoms with van der Waals surface area (Å²) in [6, 6.07) is 0. The minimum absolute atomic E-state index is 0.582. The summed E-state index contributed by atoms with van der Waals surface area (Å²) in [6.07, 6.45) is 8.01. The van der Waals surface area contributed by atoms with Gasteiger partial charge in [-0.05, 0) is 18.2 Å². The lowest BCUT2D eigenvalue weighted by Crippen LogP contribution is -1.94. The Morgan fingerprint density at radius 2 is 1.64 bits per heavy atom. The van der Waals surface area contributed by atoms with E-state index in [4.69, 9.17) is 16.3 Å². The summed E-state index contributed by atoms with van der Waals surface area (Å²) in [5.74, 6) is 0. The van der Waals surface area contributed by atoms with Crippen molar-refractivity contribution in [1.82, 2.24) is 0 Å². The average molecular weight is 238 g/mol. The quantitative estimate of drug-likeness (QED) is 0.491. The smallest absolute Gasteiger partial charge is 0.185 e. The summed E-state index contributed by atoms with van der Waals surface area (Å²) >= 11 is 4.91. The highest BCUT2D eigenvalue weighted by Gasteiger charge is 2.08. The van der Waals surface area contributed by atoms with Crippen molar-refractivity contribution in [3.8, 4) is 0 Å². The van der Waals surface area contributed by atoms with Gasteiger partial charge in [0.05, 0.1) is 6.61 Å². The Kier molecular flexibility index (Phi) is 9.20. The van der Waals surface area contributed by atoms with Crippen molar-refractivity contribution in [2.75, 3.05) is 12.8 Å². The van der Waals surface area contributed by atoms with Crippen molar-refractivity contribution < 1.29 is 9.42 Å². The summed E-state index contributed by atoms with van der Waals surface area (Å²) in [6.45, 7) is 2.32. The van der Waals surface area contributed by atoms with E-state index in [1.165, 1.54) is 32.1 Å². The zero-order chi connectivity index (χ0) is 10.9. The van der Waals surface area contributed by atoms with E-state index in [1.807, 2.05) is 6.92 Å². The maximum absolute atomic E-state index is 9.47. The molecule has 0 aliphatic rings. The third kappa shape index (κ3) is 9.14. The molecule has 0 aromatic rings. The maximum atomic E-state index is 9.47. The third-order valence-electron chi connectivity index (χ3n) is 2.19. The van der Waals surface area contributed by atoms with Gasteiger partial charge in [-0.25, -0.2) is 0 Å². The van der Waals surface area contributed by atoms with E-state index in [9.17, 15) is 4.89 Å². The molecule has 0 radical (unpaired) electrons. The molecule has 0 rings (SSSR count). The summed E-state index contributed by atoms with van der Waals surface area (Å²) in [5, 5.41) is 0. The van der Waals surface area contributed by atoms with Gasteiger partial charge in [-0.1, -0.05) is 46.0 Å². The Morgan fingerprint density at radius 1 is 1.07 bits per heavy atom. The molecule has 1 N–H and O–H groups in total. The van der Waals surface area contributed by atoms with Gasteiger partial charge in [0.1, 0.15) is 0 Å². The molecule has 14 heavy (non-hydrogen) atoms. The Hall–Kier alpha value is 0.570. The van der Waals surface area contributed by atoms with Crippen LogP contribution in [0.15, 0.2) is 0 Å². The second-order valence-corrected chi connectivity index (χ2v) is 7.43. The van der Waals surface area contributed by atoms with Crippen LogP contribution in [0.4, 0.5) is 0 Å².